The average Bonchev–Trinajstić information content (AvgIpc) is 2.34. The molecule has 0 atom stereocenters. The Labute approximate surface area is 258 Å². The van der Waals surface area contributed by atoms with E-state index in [0.29, 0.717) is 18.4 Å². The first-order chi connectivity index (χ1) is 10.7. The van der Waals surface area contributed by atoms with E-state index in [9.17, 15) is 28.7 Å². The van der Waals surface area contributed by atoms with Crippen molar-refractivity contribution in [3.05, 3.63) is 34.9 Å². The van der Waals surface area contributed by atoms with Gasteiger partial charge in [-0.25, -0.2) is 0 Å². The molecule has 0 aliphatic rings. The van der Waals surface area contributed by atoms with Gasteiger partial charge in [-0.05, 0) is 60.3 Å². The summed E-state index contributed by atoms with van der Waals surface area (Å²) in [5.74, 6) is 0. The van der Waals surface area contributed by atoms with Gasteiger partial charge < -0.3 is 28.7 Å². The molecule has 0 saturated carbocycles. The van der Waals surface area contributed by atoms with Gasteiger partial charge in [-0.2, -0.15) is 0 Å². The molecule has 140 valence electrons. The smallest absolute Gasteiger partial charge is 0.810 e. The van der Waals surface area contributed by atoms with Gasteiger partial charge in [-0.1, -0.05) is 50.1 Å². The molecule has 6 nitrogen and oxygen atoms in total. The molecule has 0 saturated heterocycles. The molecule has 0 aromatic rings. The monoisotopic (exact) mass is 468 g/mol. The van der Waals surface area contributed by atoms with Crippen LogP contribution in [-0.4, -0.2) is 4.90 Å². The summed E-state index contributed by atoms with van der Waals surface area (Å²) in [6, 6.07) is 0. The van der Waals surface area contributed by atoms with Crippen LogP contribution in [-0.2, 0) is 9.13 Å². The van der Waals surface area contributed by atoms with Crippen LogP contribution >= 0.6 is 15.2 Å². The van der Waals surface area contributed by atoms with Crippen LogP contribution in [0.3, 0.4) is 0 Å². The van der Waals surface area contributed by atoms with E-state index in [1.807, 2.05) is 19.9 Å². The van der Waals surface area contributed by atoms with Gasteiger partial charge in [0.25, 0.3) is 0 Å². The maximum atomic E-state index is 11.7. The van der Waals surface area contributed by atoms with Crippen molar-refractivity contribution in [1.82, 2.24) is 0 Å². The molecule has 0 bridgehead atoms. The maximum Gasteiger partial charge on any atom is 1.00 e. The Hall–Kier alpha value is 3.52. The number of hydrogen-bond donors (Lipinski definition) is 0. The fraction of sp³-hybridized carbons (Fsp3) is 0.625. The second kappa shape index (κ2) is 18.9. The van der Waals surface area contributed by atoms with Crippen LogP contribution in [0.2, 0.25) is 0 Å². The summed E-state index contributed by atoms with van der Waals surface area (Å²) >= 11 is 0. The Morgan fingerprint density at radius 2 is 1.07 bits per heavy atom. The molecule has 12 heteroatoms. The number of rotatable bonds is 9. The van der Waals surface area contributed by atoms with E-state index in [-0.39, 0.29) is 118 Å². The van der Waals surface area contributed by atoms with Crippen molar-refractivity contribution in [1.29, 1.82) is 0 Å². The van der Waals surface area contributed by atoms with Gasteiger partial charge in [0.15, 0.2) is 0 Å². The largest absolute Gasteiger partial charge is 1.00 e. The summed E-state index contributed by atoms with van der Waals surface area (Å²) in [6.07, 6.45) is 4.73. The quantitative estimate of drug-likeness (QED) is 0.188. The molecule has 0 rings (SSSR count). The molecule has 0 N–H and O–H groups in total. The summed E-state index contributed by atoms with van der Waals surface area (Å²) in [5, 5.41) is 0. The first-order valence-electron chi connectivity index (χ1n) is 7.69. The van der Waals surface area contributed by atoms with E-state index < -0.39 is 32.9 Å². The zero-order valence-corrected chi connectivity index (χ0v) is 28.7. The van der Waals surface area contributed by atoms with E-state index in [0.717, 1.165) is 11.1 Å². The van der Waals surface area contributed by atoms with E-state index in [1.165, 1.54) is 12.2 Å². The Morgan fingerprint density at radius 1 is 0.714 bits per heavy atom. The Morgan fingerprint density at radius 3 is 1.39 bits per heavy atom. The van der Waals surface area contributed by atoms with Crippen LogP contribution in [0, 0.1) is 0 Å². The third-order valence-electron chi connectivity index (χ3n) is 3.73. The fourth-order valence-electron chi connectivity index (χ4n) is 2.08. The second-order valence-corrected chi connectivity index (χ2v) is 10.6. The van der Waals surface area contributed by atoms with Crippen LogP contribution in [0.5, 0.6) is 0 Å². The molecule has 0 spiro atoms. The summed E-state index contributed by atoms with van der Waals surface area (Å²) in [7, 11) is -11.3. The molecule has 0 amide bonds. The van der Waals surface area contributed by atoms with Crippen molar-refractivity contribution in [2.75, 3.05) is 0 Å². The van der Waals surface area contributed by atoms with Crippen LogP contribution in [0.1, 0.15) is 60.3 Å². The van der Waals surface area contributed by atoms with Crippen LogP contribution in [0.25, 0.3) is 0 Å². The summed E-state index contributed by atoms with van der Waals surface area (Å²) in [4.78, 5) is 43.8. The van der Waals surface area contributed by atoms with Gasteiger partial charge >= 0.3 is 118 Å². The normalized spacial score (nSPS) is 11.7. The van der Waals surface area contributed by atoms with E-state index in [2.05, 4.69) is 0 Å². The third-order valence-corrected chi connectivity index (χ3v) is 7.96. The van der Waals surface area contributed by atoms with Crippen molar-refractivity contribution >= 4 is 15.2 Å². The van der Waals surface area contributed by atoms with Gasteiger partial charge in [-0.3, -0.25) is 0 Å². The Kier molecular flexibility index (Phi) is 28.2. The molecule has 0 fully saturated rings. The van der Waals surface area contributed by atoms with Crippen LogP contribution in [0.4, 0.5) is 0 Å². The SMILES string of the molecule is CC(C)=CCC/C(C)=C\CC(CC=C(C)C)(P(=O)([O-])[O-])P(=O)([O-])[O-].[Na+].[Na+].[Na+].[Na+]. The molecule has 0 aliphatic carbocycles. The molecule has 0 aromatic heterocycles. The predicted molar refractivity (Wildman–Crippen MR) is 89.0 cm³/mol. The van der Waals surface area contributed by atoms with Crippen molar-refractivity contribution < 1.29 is 147 Å². The average molecular weight is 468 g/mol. The van der Waals surface area contributed by atoms with E-state index in [1.54, 1.807) is 20.8 Å². The third kappa shape index (κ3) is 15.4. The topological polar surface area (TPSA) is 126 Å². The van der Waals surface area contributed by atoms with E-state index >= 15 is 0 Å². The van der Waals surface area contributed by atoms with Gasteiger partial charge in [-0.15, -0.1) is 0 Å². The van der Waals surface area contributed by atoms with Crippen molar-refractivity contribution in [2.24, 2.45) is 0 Å². The Bertz CT molecular complexity index is 593. The minimum absolute atomic E-state index is 0. The van der Waals surface area contributed by atoms with Gasteiger partial charge in [0, 0.05) is 4.90 Å². The standard InChI is InChI=1S/C16H30O6P2.4Na/c1-13(2)7-6-8-15(5)10-12-16(23(17,18)19,24(20,21)22)11-9-14(3)4;;;;/h7,9-10H,6,8,11-12H2,1-5H3,(H2,17,18,19)(H2,20,21,22);;;;/q;4*+1/p-4/b15-10-;;;;. The Balaban J connectivity index is -0.000000441. The van der Waals surface area contributed by atoms with Gasteiger partial charge in [0.05, 0.1) is 0 Å². The molecular formula is C16H26Na4O6P2. The van der Waals surface area contributed by atoms with Crippen molar-refractivity contribution in [3.63, 3.8) is 0 Å². The number of allylic oxidation sites excluding steroid dienone is 6. The maximum absolute atomic E-state index is 11.7. The van der Waals surface area contributed by atoms with Gasteiger partial charge in [0.2, 0.25) is 0 Å². The molecule has 0 aromatic carbocycles. The zero-order chi connectivity index (χ0) is 19.2. The molecule has 0 unspecified atom stereocenters. The van der Waals surface area contributed by atoms with Crippen LogP contribution in [0.15, 0.2) is 34.9 Å². The molecule has 0 radical (unpaired) electrons. The minimum Gasteiger partial charge on any atom is -0.810 e. The second-order valence-electron chi connectivity index (χ2n) is 6.54. The molecule has 0 heterocycles. The summed E-state index contributed by atoms with van der Waals surface area (Å²) in [6.45, 7) is 8.86. The predicted octanol–water partition coefficient (Wildman–Crippen LogP) is -10.0. The summed E-state index contributed by atoms with van der Waals surface area (Å²) < 4.78 is 23.3. The van der Waals surface area contributed by atoms with Crippen molar-refractivity contribution in [3.8, 4) is 0 Å². The van der Waals surface area contributed by atoms with Gasteiger partial charge in [0.1, 0.15) is 0 Å². The fourth-order valence-corrected chi connectivity index (χ4v) is 4.54. The zero-order valence-electron chi connectivity index (χ0n) is 18.9. The van der Waals surface area contributed by atoms with Crippen LogP contribution < -0.4 is 138 Å². The first-order valence-corrected chi connectivity index (χ1v) is 10.8. The van der Waals surface area contributed by atoms with Crippen molar-refractivity contribution in [2.45, 2.75) is 65.2 Å². The molecule has 28 heavy (non-hydrogen) atoms. The van der Waals surface area contributed by atoms with E-state index in [4.69, 9.17) is 0 Å². The minimum atomic E-state index is -5.67. The molecule has 0 aliphatic heterocycles. The first kappa shape index (κ1) is 41.7. The molecular weight excluding hydrogens is 442 g/mol. The summed E-state index contributed by atoms with van der Waals surface area (Å²) in [5.41, 5.74) is 2.49. The number of hydrogen-bond acceptors (Lipinski definition) is 6.